The summed E-state index contributed by atoms with van der Waals surface area (Å²) < 4.78 is 0. The molecule has 5 heteroatoms. The van der Waals surface area contributed by atoms with Gasteiger partial charge in [-0.2, -0.15) is 0 Å². The van der Waals surface area contributed by atoms with E-state index in [1.165, 1.54) is 36.9 Å². The lowest BCUT2D eigenvalue weighted by molar-refractivity contribution is 0.754. The Hall–Kier alpha value is -2.01. The van der Waals surface area contributed by atoms with Gasteiger partial charge in [0.1, 0.15) is 0 Å². The third-order valence-corrected chi connectivity index (χ3v) is 5.25. The highest BCUT2D eigenvalue weighted by Crippen LogP contribution is 2.29. The first-order chi connectivity index (χ1) is 11.4. The maximum absolute atomic E-state index is 4.54. The van der Waals surface area contributed by atoms with Crippen molar-refractivity contribution in [2.45, 2.75) is 42.6 Å². The van der Waals surface area contributed by atoms with Crippen LogP contribution in [0.4, 0.5) is 5.69 Å². The second-order valence-electron chi connectivity index (χ2n) is 5.99. The van der Waals surface area contributed by atoms with Crippen LogP contribution in [0.25, 0.3) is 11.2 Å². The number of para-hydroxylation sites is 1. The summed E-state index contributed by atoms with van der Waals surface area (Å²) in [6.07, 6.45) is 7.05. The van der Waals surface area contributed by atoms with Crippen molar-refractivity contribution in [3.8, 4) is 0 Å². The fourth-order valence-corrected chi connectivity index (χ4v) is 3.99. The molecular weight excluding hydrogens is 304 g/mol. The zero-order chi connectivity index (χ0) is 15.5. The van der Waals surface area contributed by atoms with Gasteiger partial charge >= 0.3 is 0 Å². The van der Waals surface area contributed by atoms with Gasteiger partial charge in [-0.25, -0.2) is 9.97 Å². The standard InChI is InChI=1S/C18H20N4S/c1-4-9-15(20-14-7-2-3-8-14)13(6-1)12-23-18-21-16-10-5-11-19-17(16)22-18/h1,4-6,9-11,14,20H,2-3,7-8,12H2,(H,19,21,22). The van der Waals surface area contributed by atoms with E-state index in [9.17, 15) is 0 Å². The largest absolute Gasteiger partial charge is 0.382 e. The predicted octanol–water partition coefficient (Wildman–Crippen LogP) is 4.60. The molecule has 0 amide bonds. The number of thioether (sulfide) groups is 1. The van der Waals surface area contributed by atoms with E-state index in [-0.39, 0.29) is 0 Å². The summed E-state index contributed by atoms with van der Waals surface area (Å²) in [6.45, 7) is 0. The smallest absolute Gasteiger partial charge is 0.178 e. The predicted molar refractivity (Wildman–Crippen MR) is 95.8 cm³/mol. The maximum atomic E-state index is 4.54. The summed E-state index contributed by atoms with van der Waals surface area (Å²) in [4.78, 5) is 12.1. The quantitative estimate of drug-likeness (QED) is 0.673. The third-order valence-electron chi connectivity index (χ3n) is 4.33. The van der Waals surface area contributed by atoms with Crippen molar-refractivity contribution in [3.05, 3.63) is 48.2 Å². The van der Waals surface area contributed by atoms with Gasteiger partial charge in [0.15, 0.2) is 10.8 Å². The molecule has 23 heavy (non-hydrogen) atoms. The van der Waals surface area contributed by atoms with Crippen molar-refractivity contribution in [2.24, 2.45) is 0 Å². The van der Waals surface area contributed by atoms with Gasteiger partial charge in [-0.1, -0.05) is 42.8 Å². The number of H-pyrrole nitrogens is 1. The first-order valence-electron chi connectivity index (χ1n) is 8.16. The summed E-state index contributed by atoms with van der Waals surface area (Å²) in [5.74, 6) is 0.899. The van der Waals surface area contributed by atoms with Gasteiger partial charge in [0.05, 0.1) is 5.52 Å². The van der Waals surface area contributed by atoms with Crippen LogP contribution in [0.3, 0.4) is 0 Å². The van der Waals surface area contributed by atoms with Crippen molar-refractivity contribution in [1.29, 1.82) is 0 Å². The molecule has 3 aromatic rings. The molecule has 0 radical (unpaired) electrons. The molecule has 0 bridgehead atoms. The molecule has 0 saturated heterocycles. The van der Waals surface area contributed by atoms with Crippen LogP contribution >= 0.6 is 11.8 Å². The highest BCUT2D eigenvalue weighted by atomic mass is 32.2. The van der Waals surface area contributed by atoms with Gasteiger partial charge in [0.2, 0.25) is 0 Å². The maximum Gasteiger partial charge on any atom is 0.178 e. The summed E-state index contributed by atoms with van der Waals surface area (Å²) in [6, 6.07) is 13.2. The molecule has 0 atom stereocenters. The average molecular weight is 324 g/mol. The number of rotatable bonds is 5. The highest BCUT2D eigenvalue weighted by Gasteiger charge is 2.16. The number of aromatic nitrogens is 3. The number of benzene rings is 1. The number of hydrogen-bond acceptors (Lipinski definition) is 4. The van der Waals surface area contributed by atoms with E-state index in [1.807, 2.05) is 12.1 Å². The molecule has 1 saturated carbocycles. The number of imidazole rings is 1. The van der Waals surface area contributed by atoms with E-state index in [0.717, 1.165) is 22.1 Å². The summed E-state index contributed by atoms with van der Waals surface area (Å²) >= 11 is 1.72. The van der Waals surface area contributed by atoms with E-state index < -0.39 is 0 Å². The molecule has 1 fully saturated rings. The molecule has 118 valence electrons. The van der Waals surface area contributed by atoms with Gasteiger partial charge in [-0.15, -0.1) is 0 Å². The third kappa shape index (κ3) is 3.34. The van der Waals surface area contributed by atoms with Gasteiger partial charge in [0, 0.05) is 23.7 Å². The fraction of sp³-hybridized carbons (Fsp3) is 0.333. The molecule has 2 aromatic heterocycles. The Labute approximate surface area is 140 Å². The Morgan fingerprint density at radius 1 is 1.13 bits per heavy atom. The van der Waals surface area contributed by atoms with Crippen LogP contribution in [0.1, 0.15) is 31.2 Å². The second kappa shape index (κ2) is 6.62. The summed E-state index contributed by atoms with van der Waals surface area (Å²) in [5, 5.41) is 4.64. The SMILES string of the molecule is c1ccc(NC2CCCC2)c(CSc2nc3ncccc3[nH]2)c1. The lowest BCUT2D eigenvalue weighted by atomic mass is 10.1. The van der Waals surface area contributed by atoms with E-state index in [0.29, 0.717) is 6.04 Å². The van der Waals surface area contributed by atoms with Crippen molar-refractivity contribution >= 4 is 28.6 Å². The number of hydrogen-bond donors (Lipinski definition) is 2. The minimum Gasteiger partial charge on any atom is -0.382 e. The van der Waals surface area contributed by atoms with E-state index in [2.05, 4.69) is 44.5 Å². The summed E-state index contributed by atoms with van der Waals surface area (Å²) in [7, 11) is 0. The molecule has 2 N–H and O–H groups in total. The lowest BCUT2D eigenvalue weighted by Gasteiger charge is -2.16. The molecule has 1 aromatic carbocycles. The Kier molecular flexibility index (Phi) is 4.20. The molecule has 0 spiro atoms. The average Bonchev–Trinajstić information content (AvgIpc) is 3.23. The molecule has 4 nitrogen and oxygen atoms in total. The number of nitrogens with one attached hydrogen (secondary N) is 2. The van der Waals surface area contributed by atoms with Gasteiger partial charge in [-0.05, 0) is 36.6 Å². The first-order valence-corrected chi connectivity index (χ1v) is 9.15. The lowest BCUT2D eigenvalue weighted by Crippen LogP contribution is -2.15. The number of nitrogens with zero attached hydrogens (tertiary/aromatic N) is 2. The van der Waals surface area contributed by atoms with Crippen LogP contribution in [0.15, 0.2) is 47.8 Å². The molecule has 4 rings (SSSR count). The van der Waals surface area contributed by atoms with E-state index in [1.54, 1.807) is 18.0 Å². The zero-order valence-corrected chi connectivity index (χ0v) is 13.8. The number of aromatic amines is 1. The van der Waals surface area contributed by atoms with Crippen molar-refractivity contribution in [1.82, 2.24) is 15.0 Å². The summed E-state index contributed by atoms with van der Waals surface area (Å²) in [5.41, 5.74) is 4.37. The van der Waals surface area contributed by atoms with Crippen molar-refractivity contribution in [2.75, 3.05) is 5.32 Å². The monoisotopic (exact) mass is 324 g/mol. The Bertz CT molecular complexity index is 759. The Morgan fingerprint density at radius 3 is 2.87 bits per heavy atom. The highest BCUT2D eigenvalue weighted by molar-refractivity contribution is 7.98. The van der Waals surface area contributed by atoms with E-state index >= 15 is 0 Å². The second-order valence-corrected chi connectivity index (χ2v) is 6.95. The van der Waals surface area contributed by atoms with E-state index in [4.69, 9.17) is 0 Å². The van der Waals surface area contributed by atoms with Crippen LogP contribution < -0.4 is 5.32 Å². The molecular formula is C18H20N4S. The van der Waals surface area contributed by atoms with Crippen LogP contribution in [-0.2, 0) is 5.75 Å². The fourth-order valence-electron chi connectivity index (χ4n) is 3.11. The molecule has 1 aliphatic rings. The van der Waals surface area contributed by atoms with Crippen LogP contribution in [-0.4, -0.2) is 21.0 Å². The van der Waals surface area contributed by atoms with Crippen molar-refractivity contribution < 1.29 is 0 Å². The zero-order valence-electron chi connectivity index (χ0n) is 13.0. The topological polar surface area (TPSA) is 53.6 Å². The van der Waals surface area contributed by atoms with Gasteiger partial charge in [-0.3, -0.25) is 0 Å². The minimum atomic E-state index is 0.636. The minimum absolute atomic E-state index is 0.636. The Morgan fingerprint density at radius 2 is 2.00 bits per heavy atom. The van der Waals surface area contributed by atoms with Gasteiger partial charge in [0.25, 0.3) is 0 Å². The number of anilines is 1. The number of pyridine rings is 1. The normalized spacial score (nSPS) is 15.3. The van der Waals surface area contributed by atoms with Crippen LogP contribution in [0.5, 0.6) is 0 Å². The first kappa shape index (κ1) is 14.6. The number of fused-ring (bicyclic) bond motifs is 1. The van der Waals surface area contributed by atoms with Crippen LogP contribution in [0.2, 0.25) is 0 Å². The molecule has 0 aliphatic heterocycles. The van der Waals surface area contributed by atoms with Gasteiger partial charge < -0.3 is 10.3 Å². The Balaban J connectivity index is 1.47. The molecule has 2 heterocycles. The molecule has 1 aliphatic carbocycles. The molecule has 0 unspecified atom stereocenters. The van der Waals surface area contributed by atoms with Crippen molar-refractivity contribution in [3.63, 3.8) is 0 Å². The van der Waals surface area contributed by atoms with Crippen LogP contribution in [0, 0.1) is 0 Å².